The predicted octanol–water partition coefficient (Wildman–Crippen LogP) is 0.557. The van der Waals surface area contributed by atoms with Crippen molar-refractivity contribution in [1.82, 2.24) is 9.47 Å². The highest BCUT2D eigenvalue weighted by Gasteiger charge is 2.23. The first-order chi connectivity index (χ1) is 5.25. The second kappa shape index (κ2) is 2.27. The zero-order chi connectivity index (χ0) is 7.84. The van der Waals surface area contributed by atoms with E-state index in [1.54, 1.807) is 0 Å². The molecular formula is C8H13N3. The molecule has 0 aliphatic carbocycles. The molecule has 0 saturated carbocycles. The number of nitrogen functional groups attached to an aromatic ring is 1. The molecule has 60 valence electrons. The molecule has 1 saturated heterocycles. The molecule has 1 aromatic heterocycles. The fourth-order valence-electron chi connectivity index (χ4n) is 1.51. The Balaban J connectivity index is 2.07. The van der Waals surface area contributed by atoms with Crippen LogP contribution in [0.2, 0.25) is 0 Å². The van der Waals surface area contributed by atoms with Crippen molar-refractivity contribution in [2.24, 2.45) is 0 Å². The Morgan fingerprint density at radius 3 is 2.73 bits per heavy atom. The van der Waals surface area contributed by atoms with Crippen molar-refractivity contribution in [1.29, 1.82) is 0 Å². The van der Waals surface area contributed by atoms with Gasteiger partial charge in [-0.2, -0.15) is 0 Å². The van der Waals surface area contributed by atoms with Crippen LogP contribution in [0.15, 0.2) is 18.5 Å². The Morgan fingerprint density at radius 1 is 1.55 bits per heavy atom. The van der Waals surface area contributed by atoms with Crippen LogP contribution in [0.4, 0.5) is 5.69 Å². The first-order valence-corrected chi connectivity index (χ1v) is 3.87. The van der Waals surface area contributed by atoms with Gasteiger partial charge in [-0.05, 0) is 13.1 Å². The normalized spacial score (nSPS) is 20.1. The molecule has 0 bridgehead atoms. The summed E-state index contributed by atoms with van der Waals surface area (Å²) in [5, 5.41) is 0. The lowest BCUT2D eigenvalue weighted by Crippen LogP contribution is -2.44. The summed E-state index contributed by atoms with van der Waals surface area (Å²) in [4.78, 5) is 2.29. The highest BCUT2D eigenvalue weighted by atomic mass is 15.2. The molecule has 0 aromatic carbocycles. The van der Waals surface area contributed by atoms with Crippen LogP contribution in [0.25, 0.3) is 0 Å². The molecule has 2 rings (SSSR count). The van der Waals surface area contributed by atoms with E-state index >= 15 is 0 Å². The van der Waals surface area contributed by atoms with Gasteiger partial charge in [0.25, 0.3) is 0 Å². The van der Waals surface area contributed by atoms with Gasteiger partial charge in [0, 0.05) is 31.2 Å². The topological polar surface area (TPSA) is 34.2 Å². The Bertz CT molecular complexity index is 248. The van der Waals surface area contributed by atoms with Crippen LogP contribution < -0.4 is 5.73 Å². The maximum atomic E-state index is 5.60. The Morgan fingerprint density at radius 2 is 2.27 bits per heavy atom. The first-order valence-electron chi connectivity index (χ1n) is 3.87. The standard InChI is InChI=1S/C8H13N3/c1-10-5-8(6-10)11-3-2-7(9)4-11/h2-4,8H,5-6,9H2,1H3. The number of nitrogens with zero attached hydrogens (tertiary/aromatic N) is 2. The summed E-state index contributed by atoms with van der Waals surface area (Å²) in [5.41, 5.74) is 6.46. The lowest BCUT2D eigenvalue weighted by atomic mass is 10.1. The smallest absolute Gasteiger partial charge is 0.0585 e. The van der Waals surface area contributed by atoms with Crippen LogP contribution in [0.5, 0.6) is 0 Å². The summed E-state index contributed by atoms with van der Waals surface area (Å²) in [6, 6.07) is 2.59. The molecule has 0 spiro atoms. The van der Waals surface area contributed by atoms with Gasteiger partial charge in [-0.1, -0.05) is 0 Å². The molecule has 1 aliphatic rings. The van der Waals surface area contributed by atoms with Crippen molar-refractivity contribution >= 4 is 5.69 Å². The van der Waals surface area contributed by atoms with E-state index in [0.29, 0.717) is 6.04 Å². The zero-order valence-electron chi connectivity index (χ0n) is 6.70. The van der Waals surface area contributed by atoms with Gasteiger partial charge < -0.3 is 15.2 Å². The number of aromatic nitrogens is 1. The van der Waals surface area contributed by atoms with Crippen molar-refractivity contribution in [3.63, 3.8) is 0 Å². The second-order valence-corrected chi connectivity index (χ2v) is 3.27. The third kappa shape index (κ3) is 1.12. The van der Waals surface area contributed by atoms with Crippen LogP contribution >= 0.6 is 0 Å². The van der Waals surface area contributed by atoms with Gasteiger partial charge in [-0.25, -0.2) is 0 Å². The highest BCUT2D eigenvalue weighted by molar-refractivity contribution is 5.34. The van der Waals surface area contributed by atoms with Crippen molar-refractivity contribution in [2.75, 3.05) is 25.9 Å². The highest BCUT2D eigenvalue weighted by Crippen LogP contribution is 2.20. The van der Waals surface area contributed by atoms with Gasteiger partial charge in [-0.3, -0.25) is 0 Å². The largest absolute Gasteiger partial charge is 0.398 e. The van der Waals surface area contributed by atoms with E-state index in [0.717, 1.165) is 18.8 Å². The number of likely N-dealkylation sites (tertiary alicyclic amines) is 1. The summed E-state index contributed by atoms with van der Waals surface area (Å²) in [6.45, 7) is 2.29. The monoisotopic (exact) mass is 151 g/mol. The molecule has 1 aliphatic heterocycles. The zero-order valence-corrected chi connectivity index (χ0v) is 6.70. The van der Waals surface area contributed by atoms with Crippen LogP contribution in [-0.2, 0) is 0 Å². The van der Waals surface area contributed by atoms with Gasteiger partial charge in [0.1, 0.15) is 0 Å². The minimum absolute atomic E-state index is 0.650. The molecule has 2 N–H and O–H groups in total. The molecule has 2 heterocycles. The number of hydrogen-bond donors (Lipinski definition) is 1. The third-order valence-corrected chi connectivity index (χ3v) is 2.20. The lowest BCUT2D eigenvalue weighted by Gasteiger charge is -2.37. The number of likely N-dealkylation sites (N-methyl/N-ethyl adjacent to an activating group) is 1. The van der Waals surface area contributed by atoms with E-state index in [1.165, 1.54) is 0 Å². The molecule has 0 atom stereocenters. The van der Waals surface area contributed by atoms with Crippen molar-refractivity contribution < 1.29 is 0 Å². The van der Waals surface area contributed by atoms with Crippen LogP contribution in [0.1, 0.15) is 6.04 Å². The van der Waals surface area contributed by atoms with Gasteiger partial charge in [-0.15, -0.1) is 0 Å². The lowest BCUT2D eigenvalue weighted by molar-refractivity contribution is 0.141. The van der Waals surface area contributed by atoms with E-state index < -0.39 is 0 Å². The van der Waals surface area contributed by atoms with Crippen molar-refractivity contribution in [3.8, 4) is 0 Å². The van der Waals surface area contributed by atoms with E-state index in [1.807, 2.05) is 18.5 Å². The first kappa shape index (κ1) is 6.73. The van der Waals surface area contributed by atoms with E-state index in [9.17, 15) is 0 Å². The Hall–Kier alpha value is -0.960. The molecule has 3 nitrogen and oxygen atoms in total. The van der Waals surface area contributed by atoms with Gasteiger partial charge >= 0.3 is 0 Å². The van der Waals surface area contributed by atoms with Crippen molar-refractivity contribution in [3.05, 3.63) is 18.5 Å². The molecule has 0 radical (unpaired) electrons. The van der Waals surface area contributed by atoms with Crippen LogP contribution in [0, 0.1) is 0 Å². The summed E-state index contributed by atoms with van der Waals surface area (Å²) in [6.07, 6.45) is 4.05. The third-order valence-electron chi connectivity index (χ3n) is 2.20. The molecule has 1 fully saturated rings. The predicted molar refractivity (Wildman–Crippen MR) is 45.4 cm³/mol. The average Bonchev–Trinajstić information content (AvgIpc) is 2.29. The quantitative estimate of drug-likeness (QED) is 0.636. The maximum Gasteiger partial charge on any atom is 0.0585 e. The van der Waals surface area contributed by atoms with Crippen LogP contribution in [0.3, 0.4) is 0 Å². The van der Waals surface area contributed by atoms with Crippen LogP contribution in [-0.4, -0.2) is 29.6 Å². The summed E-state index contributed by atoms with van der Waals surface area (Å²) in [5.74, 6) is 0. The molecule has 3 heteroatoms. The summed E-state index contributed by atoms with van der Waals surface area (Å²) < 4.78 is 2.19. The van der Waals surface area contributed by atoms with E-state index in [2.05, 4.69) is 16.5 Å². The molecule has 1 aromatic rings. The number of rotatable bonds is 1. The van der Waals surface area contributed by atoms with Crippen molar-refractivity contribution in [2.45, 2.75) is 6.04 Å². The Kier molecular flexibility index (Phi) is 1.39. The average molecular weight is 151 g/mol. The Labute approximate surface area is 66.4 Å². The minimum Gasteiger partial charge on any atom is -0.398 e. The summed E-state index contributed by atoms with van der Waals surface area (Å²) >= 11 is 0. The SMILES string of the molecule is CN1CC(n2ccc(N)c2)C1. The fourth-order valence-corrected chi connectivity index (χ4v) is 1.51. The van der Waals surface area contributed by atoms with Gasteiger partial charge in [0.15, 0.2) is 0 Å². The number of hydrogen-bond acceptors (Lipinski definition) is 2. The second-order valence-electron chi connectivity index (χ2n) is 3.27. The minimum atomic E-state index is 0.650. The number of anilines is 1. The number of nitrogens with two attached hydrogens (primary N) is 1. The van der Waals surface area contributed by atoms with E-state index in [-0.39, 0.29) is 0 Å². The van der Waals surface area contributed by atoms with E-state index in [4.69, 9.17) is 5.73 Å². The molecule has 11 heavy (non-hydrogen) atoms. The maximum absolute atomic E-state index is 5.60. The van der Waals surface area contributed by atoms with Gasteiger partial charge in [0.2, 0.25) is 0 Å². The molecule has 0 amide bonds. The summed E-state index contributed by atoms with van der Waals surface area (Å²) in [7, 11) is 2.13. The van der Waals surface area contributed by atoms with Gasteiger partial charge in [0.05, 0.1) is 6.04 Å². The fraction of sp³-hybridized carbons (Fsp3) is 0.500. The molecular weight excluding hydrogens is 138 g/mol. The molecule has 0 unspecified atom stereocenters.